The van der Waals surface area contributed by atoms with Gasteiger partial charge in [-0.25, -0.2) is 0 Å². The third-order valence-corrected chi connectivity index (χ3v) is 6.60. The van der Waals surface area contributed by atoms with E-state index in [2.05, 4.69) is 30.7 Å². The molecule has 27 heavy (non-hydrogen) atoms. The lowest BCUT2D eigenvalue weighted by atomic mass is 9.65. The molecule has 4 rings (SSSR count). The number of carbonyl (C=O) groups is 1. The van der Waals surface area contributed by atoms with Gasteiger partial charge in [0.2, 0.25) is 0 Å². The third-order valence-electron chi connectivity index (χ3n) is 6.60. The first-order valence-corrected chi connectivity index (χ1v) is 9.97. The molecule has 4 nitrogen and oxygen atoms in total. The Balaban J connectivity index is 1.72. The van der Waals surface area contributed by atoms with E-state index in [1.807, 2.05) is 13.0 Å². The maximum Gasteiger partial charge on any atom is 0.194 e. The molecule has 0 amide bonds. The predicted octanol–water partition coefficient (Wildman–Crippen LogP) is 4.44. The smallest absolute Gasteiger partial charge is 0.194 e. The Morgan fingerprint density at radius 3 is 2.70 bits per heavy atom. The normalized spacial score (nSPS) is 27.2. The first-order chi connectivity index (χ1) is 12.6. The fraction of sp³-hybridized carbons (Fsp3) is 0.565. The number of pyridine rings is 1. The van der Waals surface area contributed by atoms with Crippen LogP contribution in [-0.4, -0.2) is 28.3 Å². The number of carbonyl (C=O) groups excluding carboxylic acids is 1. The van der Waals surface area contributed by atoms with Crippen molar-refractivity contribution >= 4 is 16.7 Å². The zero-order chi connectivity index (χ0) is 19.6. The zero-order valence-corrected chi connectivity index (χ0v) is 17.1. The van der Waals surface area contributed by atoms with Gasteiger partial charge in [-0.1, -0.05) is 20.8 Å². The quantitative estimate of drug-likeness (QED) is 0.817. The minimum Gasteiger partial charge on any atom is -0.358 e. The van der Waals surface area contributed by atoms with Crippen LogP contribution in [0.5, 0.6) is 0 Å². The SMILES string of the molecule is CC(=O)c1ccc2[nH]c(C)c(CN3C[C@@]4(C)C[C@H]3CC(C)(C)C4)c(=O)c2c1. The van der Waals surface area contributed by atoms with E-state index in [1.165, 1.54) is 26.2 Å². The second-order valence-corrected chi connectivity index (χ2v) is 9.99. The van der Waals surface area contributed by atoms with Crippen molar-refractivity contribution in [3.8, 4) is 0 Å². The van der Waals surface area contributed by atoms with Crippen LogP contribution in [0.2, 0.25) is 0 Å². The summed E-state index contributed by atoms with van der Waals surface area (Å²) in [5.41, 5.74) is 3.97. The number of rotatable bonds is 3. The Hall–Kier alpha value is -1.94. The van der Waals surface area contributed by atoms with Crippen molar-refractivity contribution in [2.75, 3.05) is 6.54 Å². The molecular weight excluding hydrogens is 336 g/mol. The lowest BCUT2D eigenvalue weighted by molar-refractivity contribution is 0.101. The van der Waals surface area contributed by atoms with Crippen molar-refractivity contribution in [3.05, 3.63) is 45.2 Å². The Bertz CT molecular complexity index is 988. The summed E-state index contributed by atoms with van der Waals surface area (Å²) >= 11 is 0. The molecule has 2 aliphatic rings. The van der Waals surface area contributed by atoms with Gasteiger partial charge in [0, 0.05) is 46.9 Å². The van der Waals surface area contributed by atoms with Gasteiger partial charge in [-0.3, -0.25) is 14.5 Å². The monoisotopic (exact) mass is 366 g/mol. The Morgan fingerprint density at radius 2 is 2.00 bits per heavy atom. The highest BCUT2D eigenvalue weighted by molar-refractivity contribution is 5.97. The number of hydrogen-bond donors (Lipinski definition) is 1. The molecule has 4 heteroatoms. The Morgan fingerprint density at radius 1 is 1.26 bits per heavy atom. The highest BCUT2D eigenvalue weighted by Crippen LogP contribution is 2.52. The molecule has 1 aliphatic heterocycles. The van der Waals surface area contributed by atoms with Gasteiger partial charge in [-0.15, -0.1) is 0 Å². The molecule has 1 aromatic heterocycles. The van der Waals surface area contributed by atoms with Crippen molar-refractivity contribution in [3.63, 3.8) is 0 Å². The number of nitrogens with one attached hydrogen (secondary N) is 1. The highest BCUT2D eigenvalue weighted by Gasteiger charge is 2.49. The van der Waals surface area contributed by atoms with Crippen LogP contribution < -0.4 is 5.43 Å². The maximum atomic E-state index is 13.3. The summed E-state index contributed by atoms with van der Waals surface area (Å²) in [5, 5.41) is 0.622. The van der Waals surface area contributed by atoms with Crippen LogP contribution in [0.25, 0.3) is 10.9 Å². The molecule has 1 saturated heterocycles. The van der Waals surface area contributed by atoms with Gasteiger partial charge >= 0.3 is 0 Å². The first kappa shape index (κ1) is 18.4. The fourth-order valence-electron chi connectivity index (χ4n) is 5.83. The molecule has 0 radical (unpaired) electrons. The van der Waals surface area contributed by atoms with Gasteiger partial charge < -0.3 is 4.98 Å². The number of aryl methyl sites for hydroxylation is 1. The number of likely N-dealkylation sites (tertiary alicyclic amines) is 1. The van der Waals surface area contributed by atoms with Crippen molar-refractivity contribution in [2.45, 2.75) is 66.5 Å². The summed E-state index contributed by atoms with van der Waals surface area (Å²) in [6.45, 7) is 12.4. The second kappa shape index (κ2) is 6.03. The highest BCUT2D eigenvalue weighted by atomic mass is 16.1. The lowest BCUT2D eigenvalue weighted by Gasteiger charge is -2.40. The summed E-state index contributed by atoms with van der Waals surface area (Å²) in [5.74, 6) is -0.0121. The number of aromatic nitrogens is 1. The molecule has 2 atom stereocenters. The fourth-order valence-corrected chi connectivity index (χ4v) is 5.83. The van der Waals surface area contributed by atoms with Gasteiger partial charge in [-0.05, 0) is 62.1 Å². The third kappa shape index (κ3) is 3.25. The summed E-state index contributed by atoms with van der Waals surface area (Å²) in [6, 6.07) is 5.92. The van der Waals surface area contributed by atoms with E-state index in [0.29, 0.717) is 34.4 Å². The first-order valence-electron chi connectivity index (χ1n) is 9.97. The zero-order valence-electron chi connectivity index (χ0n) is 17.1. The van der Waals surface area contributed by atoms with Crippen molar-refractivity contribution in [1.82, 2.24) is 9.88 Å². The van der Waals surface area contributed by atoms with Gasteiger partial charge in [-0.2, -0.15) is 0 Å². The predicted molar refractivity (Wildman–Crippen MR) is 109 cm³/mol. The molecule has 2 heterocycles. The summed E-state index contributed by atoms with van der Waals surface area (Å²) in [4.78, 5) is 30.9. The number of ketones is 1. The standard InChI is InChI=1S/C23H30N2O2/c1-14-19(11-25-13-23(5)10-17(25)9-22(3,4)12-23)21(27)18-8-16(15(2)26)6-7-20(18)24-14/h6-8,17H,9-13H2,1-5H3,(H,24,27)/t17-,23+/m1/s1. The number of H-pyrrole nitrogens is 1. The molecule has 1 aliphatic carbocycles. The topological polar surface area (TPSA) is 53.2 Å². The van der Waals surface area contributed by atoms with Gasteiger partial charge in [0.05, 0.1) is 0 Å². The molecule has 0 spiro atoms. The minimum absolute atomic E-state index is 0.0121. The number of Topliss-reactive ketones (excluding diaryl/α,β-unsaturated/α-hetero) is 1. The number of hydrogen-bond acceptors (Lipinski definition) is 3. The van der Waals surface area contributed by atoms with Crippen LogP contribution in [-0.2, 0) is 6.54 Å². The molecular formula is C23H30N2O2. The largest absolute Gasteiger partial charge is 0.358 e. The number of benzene rings is 1. The molecule has 144 valence electrons. The van der Waals surface area contributed by atoms with E-state index in [9.17, 15) is 9.59 Å². The van der Waals surface area contributed by atoms with E-state index >= 15 is 0 Å². The average molecular weight is 367 g/mol. The van der Waals surface area contributed by atoms with E-state index in [-0.39, 0.29) is 11.2 Å². The molecule has 1 saturated carbocycles. The molecule has 2 bridgehead atoms. The van der Waals surface area contributed by atoms with Crippen LogP contribution in [0.1, 0.15) is 68.6 Å². The van der Waals surface area contributed by atoms with Crippen LogP contribution in [0.15, 0.2) is 23.0 Å². The number of fused-ring (bicyclic) bond motifs is 3. The van der Waals surface area contributed by atoms with Crippen molar-refractivity contribution in [2.24, 2.45) is 10.8 Å². The number of aromatic amines is 1. The van der Waals surface area contributed by atoms with Crippen LogP contribution in [0, 0.1) is 17.8 Å². The molecule has 2 fully saturated rings. The Labute approximate surface area is 161 Å². The van der Waals surface area contributed by atoms with Crippen LogP contribution in [0.3, 0.4) is 0 Å². The van der Waals surface area contributed by atoms with E-state index < -0.39 is 0 Å². The van der Waals surface area contributed by atoms with Crippen molar-refractivity contribution < 1.29 is 4.79 Å². The van der Waals surface area contributed by atoms with E-state index in [1.54, 1.807) is 12.1 Å². The van der Waals surface area contributed by atoms with Gasteiger partial charge in [0.1, 0.15) is 0 Å². The van der Waals surface area contributed by atoms with E-state index in [4.69, 9.17) is 0 Å². The van der Waals surface area contributed by atoms with Crippen molar-refractivity contribution in [1.29, 1.82) is 0 Å². The summed E-state index contributed by atoms with van der Waals surface area (Å²) in [7, 11) is 0. The summed E-state index contributed by atoms with van der Waals surface area (Å²) in [6.07, 6.45) is 3.68. The summed E-state index contributed by atoms with van der Waals surface area (Å²) < 4.78 is 0. The van der Waals surface area contributed by atoms with Crippen LogP contribution >= 0.6 is 0 Å². The second-order valence-electron chi connectivity index (χ2n) is 9.99. The van der Waals surface area contributed by atoms with E-state index in [0.717, 1.165) is 23.3 Å². The molecule has 0 unspecified atom stereocenters. The maximum absolute atomic E-state index is 13.3. The van der Waals surface area contributed by atoms with Gasteiger partial charge in [0.25, 0.3) is 0 Å². The van der Waals surface area contributed by atoms with Gasteiger partial charge in [0.15, 0.2) is 11.2 Å². The molecule has 2 aromatic rings. The Kier molecular flexibility index (Phi) is 4.12. The van der Waals surface area contributed by atoms with Crippen LogP contribution in [0.4, 0.5) is 0 Å². The minimum atomic E-state index is -0.0121. The molecule has 1 N–H and O–H groups in total. The molecule has 1 aromatic carbocycles. The number of nitrogens with zero attached hydrogens (tertiary/aromatic N) is 1. The average Bonchev–Trinajstić information content (AvgIpc) is 2.79. The lowest BCUT2D eigenvalue weighted by Crippen LogP contribution is -2.35.